The number of halogens is 1. The zero-order chi connectivity index (χ0) is 14.2. The zero-order valence-corrected chi connectivity index (χ0v) is 12.9. The quantitative estimate of drug-likeness (QED) is 0.787. The Morgan fingerprint density at radius 3 is 2.75 bits per heavy atom. The highest BCUT2D eigenvalue weighted by Crippen LogP contribution is 2.27. The SMILES string of the molecule is COCCNCc1ccc(Oc2ccccc2Br)nc1. The summed E-state index contributed by atoms with van der Waals surface area (Å²) in [7, 11) is 1.69. The molecular weight excluding hydrogens is 320 g/mol. The Kier molecular flexibility index (Phi) is 5.98. The molecule has 1 aromatic heterocycles. The molecule has 20 heavy (non-hydrogen) atoms. The first kappa shape index (κ1) is 15.0. The number of pyridine rings is 1. The van der Waals surface area contributed by atoms with Crippen molar-refractivity contribution in [3.63, 3.8) is 0 Å². The van der Waals surface area contributed by atoms with E-state index in [4.69, 9.17) is 9.47 Å². The fraction of sp³-hybridized carbons (Fsp3) is 0.267. The highest BCUT2D eigenvalue weighted by molar-refractivity contribution is 9.10. The maximum atomic E-state index is 5.71. The second-order valence-corrected chi connectivity index (χ2v) is 5.06. The van der Waals surface area contributed by atoms with Crippen molar-refractivity contribution in [1.82, 2.24) is 10.3 Å². The Morgan fingerprint density at radius 1 is 1.20 bits per heavy atom. The van der Waals surface area contributed by atoms with E-state index < -0.39 is 0 Å². The van der Waals surface area contributed by atoms with Crippen molar-refractivity contribution >= 4 is 15.9 Å². The smallest absolute Gasteiger partial charge is 0.219 e. The Balaban J connectivity index is 1.90. The fourth-order valence-corrected chi connectivity index (χ4v) is 1.99. The maximum absolute atomic E-state index is 5.71. The van der Waals surface area contributed by atoms with Crippen LogP contribution in [0.5, 0.6) is 11.6 Å². The van der Waals surface area contributed by atoms with E-state index in [-0.39, 0.29) is 0 Å². The maximum Gasteiger partial charge on any atom is 0.219 e. The van der Waals surface area contributed by atoms with Crippen LogP contribution in [-0.2, 0) is 11.3 Å². The highest BCUT2D eigenvalue weighted by atomic mass is 79.9. The standard InChI is InChI=1S/C15H17BrN2O2/c1-19-9-8-17-10-12-6-7-15(18-11-12)20-14-5-3-2-4-13(14)16/h2-7,11,17H,8-10H2,1H3. The number of nitrogens with zero attached hydrogens (tertiary/aromatic N) is 1. The van der Waals surface area contributed by atoms with Gasteiger partial charge in [0.05, 0.1) is 11.1 Å². The van der Waals surface area contributed by atoms with Crippen LogP contribution in [-0.4, -0.2) is 25.2 Å². The average Bonchev–Trinajstić information content (AvgIpc) is 2.48. The lowest BCUT2D eigenvalue weighted by Gasteiger charge is -2.08. The number of nitrogens with one attached hydrogen (secondary N) is 1. The minimum Gasteiger partial charge on any atom is -0.438 e. The van der Waals surface area contributed by atoms with E-state index in [2.05, 4.69) is 26.2 Å². The van der Waals surface area contributed by atoms with Crippen molar-refractivity contribution in [3.8, 4) is 11.6 Å². The lowest BCUT2D eigenvalue weighted by molar-refractivity contribution is 0.199. The molecular formula is C15H17BrN2O2. The third-order valence-corrected chi connectivity index (χ3v) is 3.32. The van der Waals surface area contributed by atoms with Gasteiger partial charge in [-0.05, 0) is 33.6 Å². The molecule has 0 aliphatic heterocycles. The molecule has 2 rings (SSSR count). The van der Waals surface area contributed by atoms with Gasteiger partial charge in [0.25, 0.3) is 0 Å². The molecule has 106 valence electrons. The lowest BCUT2D eigenvalue weighted by atomic mass is 10.3. The first-order valence-corrected chi connectivity index (χ1v) is 7.16. The summed E-state index contributed by atoms with van der Waals surface area (Å²) in [6.07, 6.45) is 1.81. The van der Waals surface area contributed by atoms with Gasteiger partial charge < -0.3 is 14.8 Å². The summed E-state index contributed by atoms with van der Waals surface area (Å²) in [5, 5.41) is 3.27. The fourth-order valence-electron chi connectivity index (χ4n) is 1.62. The summed E-state index contributed by atoms with van der Waals surface area (Å²) in [5.41, 5.74) is 1.11. The van der Waals surface area contributed by atoms with Gasteiger partial charge in [0.2, 0.25) is 5.88 Å². The van der Waals surface area contributed by atoms with Gasteiger partial charge in [0.1, 0.15) is 5.75 Å². The second kappa shape index (κ2) is 7.99. The number of hydrogen-bond donors (Lipinski definition) is 1. The van der Waals surface area contributed by atoms with Crippen molar-refractivity contribution < 1.29 is 9.47 Å². The van der Waals surface area contributed by atoms with Crippen molar-refractivity contribution in [2.75, 3.05) is 20.3 Å². The lowest BCUT2D eigenvalue weighted by Crippen LogP contribution is -2.18. The van der Waals surface area contributed by atoms with Gasteiger partial charge in [-0.1, -0.05) is 18.2 Å². The van der Waals surface area contributed by atoms with Crippen molar-refractivity contribution in [3.05, 3.63) is 52.6 Å². The number of benzene rings is 1. The Labute approximate surface area is 127 Å². The van der Waals surface area contributed by atoms with Gasteiger partial charge in [-0.3, -0.25) is 0 Å². The summed E-state index contributed by atoms with van der Waals surface area (Å²) < 4.78 is 11.6. The minimum absolute atomic E-state index is 0.581. The molecule has 0 atom stereocenters. The van der Waals surface area contributed by atoms with Crippen LogP contribution in [0.3, 0.4) is 0 Å². The Bertz CT molecular complexity index is 532. The summed E-state index contributed by atoms with van der Waals surface area (Å²) in [4.78, 5) is 4.30. The summed E-state index contributed by atoms with van der Waals surface area (Å²) in [6.45, 7) is 2.30. The van der Waals surface area contributed by atoms with E-state index in [1.54, 1.807) is 7.11 Å². The average molecular weight is 337 g/mol. The van der Waals surface area contributed by atoms with Crippen molar-refractivity contribution in [1.29, 1.82) is 0 Å². The first-order chi connectivity index (χ1) is 9.79. The summed E-state index contributed by atoms with van der Waals surface area (Å²) >= 11 is 3.44. The molecule has 0 bridgehead atoms. The molecule has 2 aromatic rings. The molecule has 0 fully saturated rings. The third-order valence-electron chi connectivity index (χ3n) is 2.66. The van der Waals surface area contributed by atoms with Crippen LogP contribution < -0.4 is 10.1 Å². The van der Waals surface area contributed by atoms with Crippen LogP contribution in [0.25, 0.3) is 0 Å². The van der Waals surface area contributed by atoms with E-state index in [0.717, 1.165) is 28.9 Å². The minimum atomic E-state index is 0.581. The van der Waals surface area contributed by atoms with Crippen LogP contribution in [0, 0.1) is 0 Å². The normalized spacial score (nSPS) is 10.5. The molecule has 0 unspecified atom stereocenters. The third kappa shape index (κ3) is 4.59. The molecule has 0 radical (unpaired) electrons. The molecule has 0 spiro atoms. The predicted octanol–water partition coefficient (Wildman–Crippen LogP) is 3.37. The number of hydrogen-bond acceptors (Lipinski definition) is 4. The number of aromatic nitrogens is 1. The largest absolute Gasteiger partial charge is 0.438 e. The Morgan fingerprint density at radius 2 is 2.05 bits per heavy atom. The van der Waals surface area contributed by atoms with Crippen LogP contribution >= 0.6 is 15.9 Å². The molecule has 5 heteroatoms. The van der Waals surface area contributed by atoms with Crippen LogP contribution in [0.2, 0.25) is 0 Å². The molecule has 0 saturated heterocycles. The topological polar surface area (TPSA) is 43.4 Å². The van der Waals surface area contributed by atoms with Gasteiger partial charge >= 0.3 is 0 Å². The van der Waals surface area contributed by atoms with Crippen LogP contribution in [0.1, 0.15) is 5.56 Å². The molecule has 1 N–H and O–H groups in total. The summed E-state index contributed by atoms with van der Waals surface area (Å²) in [6, 6.07) is 11.6. The molecule has 0 aliphatic carbocycles. The number of rotatable bonds is 7. The molecule has 4 nitrogen and oxygen atoms in total. The number of methoxy groups -OCH3 is 1. The molecule has 1 heterocycles. The van der Waals surface area contributed by atoms with Gasteiger partial charge in [-0.25, -0.2) is 4.98 Å². The number of ether oxygens (including phenoxy) is 2. The molecule has 1 aromatic carbocycles. The zero-order valence-electron chi connectivity index (χ0n) is 11.3. The van der Waals surface area contributed by atoms with Crippen molar-refractivity contribution in [2.45, 2.75) is 6.54 Å². The van der Waals surface area contributed by atoms with E-state index in [1.165, 1.54) is 0 Å². The van der Waals surface area contributed by atoms with Crippen LogP contribution in [0.4, 0.5) is 0 Å². The molecule has 0 aliphatic rings. The van der Waals surface area contributed by atoms with Gasteiger partial charge in [0, 0.05) is 32.5 Å². The highest BCUT2D eigenvalue weighted by Gasteiger charge is 2.02. The number of para-hydroxylation sites is 1. The van der Waals surface area contributed by atoms with E-state index in [1.807, 2.05) is 42.6 Å². The van der Waals surface area contributed by atoms with Crippen LogP contribution in [0.15, 0.2) is 47.1 Å². The predicted molar refractivity (Wildman–Crippen MR) is 82.0 cm³/mol. The van der Waals surface area contributed by atoms with E-state index in [0.29, 0.717) is 12.5 Å². The van der Waals surface area contributed by atoms with E-state index in [9.17, 15) is 0 Å². The van der Waals surface area contributed by atoms with Gasteiger partial charge in [-0.15, -0.1) is 0 Å². The van der Waals surface area contributed by atoms with Gasteiger partial charge in [0.15, 0.2) is 0 Å². The van der Waals surface area contributed by atoms with E-state index >= 15 is 0 Å². The van der Waals surface area contributed by atoms with Crippen molar-refractivity contribution in [2.24, 2.45) is 0 Å². The second-order valence-electron chi connectivity index (χ2n) is 4.21. The van der Waals surface area contributed by atoms with Gasteiger partial charge in [-0.2, -0.15) is 0 Å². The molecule has 0 saturated carbocycles. The first-order valence-electron chi connectivity index (χ1n) is 6.36. The molecule has 0 amide bonds. The monoisotopic (exact) mass is 336 g/mol. The summed E-state index contributed by atoms with van der Waals surface area (Å²) in [5.74, 6) is 1.34. The Hall–Kier alpha value is -1.43.